The molecule has 16 heteroatoms. The summed E-state index contributed by atoms with van der Waals surface area (Å²) in [6, 6.07) is 5.06. The highest BCUT2D eigenvalue weighted by Crippen LogP contribution is 2.45. The predicted molar refractivity (Wildman–Crippen MR) is 176 cm³/mol. The van der Waals surface area contributed by atoms with Crippen LogP contribution in [0.1, 0.15) is 37.7 Å². The van der Waals surface area contributed by atoms with Gasteiger partial charge in [0.15, 0.2) is 5.82 Å². The van der Waals surface area contributed by atoms with E-state index in [1.165, 1.54) is 18.3 Å². The normalized spacial score (nSPS) is 23.5. The maximum absolute atomic E-state index is 17.0. The number of terminal acetylenes is 1. The van der Waals surface area contributed by atoms with Crippen LogP contribution in [0.4, 0.5) is 23.4 Å². The summed E-state index contributed by atoms with van der Waals surface area (Å²) in [5, 5.41) is 4.13. The van der Waals surface area contributed by atoms with Crippen molar-refractivity contribution in [1.29, 1.82) is 0 Å². The van der Waals surface area contributed by atoms with Crippen LogP contribution in [0.5, 0.6) is 11.8 Å². The van der Waals surface area contributed by atoms with Crippen molar-refractivity contribution in [2.24, 2.45) is 0 Å². The lowest BCUT2D eigenvalue weighted by Gasteiger charge is -2.34. The smallest absolute Gasteiger partial charge is 0.461 e. The van der Waals surface area contributed by atoms with E-state index in [0.717, 1.165) is 31.4 Å². The van der Waals surface area contributed by atoms with E-state index in [2.05, 4.69) is 21.2 Å². The molecular weight excluding hydrogens is 679 g/mol. The molecule has 260 valence electrons. The van der Waals surface area contributed by atoms with Crippen LogP contribution in [-0.2, 0) is 4.57 Å². The molecule has 50 heavy (non-hydrogen) atoms. The van der Waals surface area contributed by atoms with E-state index >= 15 is 4.39 Å². The first-order valence-corrected chi connectivity index (χ1v) is 17.7. The lowest BCUT2D eigenvalue weighted by Crippen LogP contribution is -2.51. The summed E-state index contributed by atoms with van der Waals surface area (Å²) in [7, 11) is -5.05. The number of hydrogen-bond acceptors (Lipinski definition) is 9. The monoisotopic (exact) mass is 710 g/mol. The van der Waals surface area contributed by atoms with E-state index in [9.17, 15) is 27.5 Å². The predicted octanol–water partition coefficient (Wildman–Crippen LogP) is 5.28. The van der Waals surface area contributed by atoms with Crippen molar-refractivity contribution in [3.63, 3.8) is 0 Å². The van der Waals surface area contributed by atoms with Gasteiger partial charge in [-0.15, -0.1) is 6.42 Å². The molecule has 0 saturated carbocycles. The Labute approximate surface area is 283 Å². The maximum Gasteiger partial charge on any atom is 0.524 e. The molecule has 11 nitrogen and oxygen atoms in total. The second kappa shape index (κ2) is 12.2. The van der Waals surface area contributed by atoms with Gasteiger partial charge in [-0.25, -0.2) is 13.3 Å². The number of aromatic nitrogens is 3. The average molecular weight is 711 g/mol. The van der Waals surface area contributed by atoms with Gasteiger partial charge in [0, 0.05) is 54.4 Å². The number of ether oxygens (including phenoxy) is 1. The fourth-order valence-electron chi connectivity index (χ4n) is 8.08. The van der Waals surface area contributed by atoms with Crippen molar-refractivity contribution in [1.82, 2.24) is 25.2 Å². The van der Waals surface area contributed by atoms with Crippen LogP contribution in [0.25, 0.3) is 32.9 Å². The van der Waals surface area contributed by atoms with Crippen molar-refractivity contribution in [2.45, 2.75) is 49.7 Å². The summed E-state index contributed by atoms with van der Waals surface area (Å²) in [4.78, 5) is 36.7. The lowest BCUT2D eigenvalue weighted by atomic mass is 9.94. The van der Waals surface area contributed by atoms with E-state index < -0.39 is 31.1 Å². The number of anilines is 1. The molecule has 0 spiro atoms. The van der Waals surface area contributed by atoms with Gasteiger partial charge in [-0.1, -0.05) is 12.0 Å². The number of nitrogens with zero attached hydrogens (tertiary/aromatic N) is 5. The zero-order valence-corrected chi connectivity index (χ0v) is 27.4. The van der Waals surface area contributed by atoms with Crippen molar-refractivity contribution in [3.05, 3.63) is 59.3 Å². The van der Waals surface area contributed by atoms with Crippen LogP contribution < -0.4 is 19.5 Å². The number of rotatable bonds is 7. The van der Waals surface area contributed by atoms with Gasteiger partial charge in [-0.2, -0.15) is 18.7 Å². The summed E-state index contributed by atoms with van der Waals surface area (Å²) >= 11 is 0. The van der Waals surface area contributed by atoms with Crippen molar-refractivity contribution in [3.8, 4) is 35.4 Å². The number of hydrogen-bond donors (Lipinski definition) is 3. The molecular formula is C34H31F4N6O5P. The topological polar surface area (TPSA) is 133 Å². The number of piperazine rings is 1. The third kappa shape index (κ3) is 5.75. The minimum Gasteiger partial charge on any atom is -0.461 e. The van der Waals surface area contributed by atoms with Gasteiger partial charge in [0.2, 0.25) is 0 Å². The first-order valence-electron chi connectivity index (χ1n) is 16.2. The number of halogens is 4. The van der Waals surface area contributed by atoms with E-state index in [-0.39, 0.29) is 87.5 Å². The molecule has 2 bridgehead atoms. The Bertz CT molecular complexity index is 2180. The average Bonchev–Trinajstić information content (AvgIpc) is 3.74. The summed E-state index contributed by atoms with van der Waals surface area (Å²) in [6.45, 7) is 1.99. The minimum atomic E-state index is -5.05. The number of phosphoric acid groups is 1. The van der Waals surface area contributed by atoms with Crippen LogP contribution in [0, 0.1) is 24.0 Å². The van der Waals surface area contributed by atoms with Gasteiger partial charge in [0.1, 0.15) is 35.2 Å². The van der Waals surface area contributed by atoms with E-state index in [1.807, 2.05) is 9.80 Å². The molecule has 3 atom stereocenters. The minimum absolute atomic E-state index is 0.0122. The van der Waals surface area contributed by atoms with Gasteiger partial charge in [-0.05, 0) is 62.2 Å². The third-order valence-corrected chi connectivity index (χ3v) is 10.7. The third-order valence-electron chi connectivity index (χ3n) is 10.2. The Hall–Kier alpha value is -4.32. The van der Waals surface area contributed by atoms with Crippen LogP contribution in [0.3, 0.4) is 0 Å². The second-order valence-electron chi connectivity index (χ2n) is 13.4. The fourth-order valence-corrected chi connectivity index (χ4v) is 8.46. The maximum atomic E-state index is 17.0. The number of nitrogens with one attached hydrogen (secondary N) is 1. The molecule has 4 fully saturated rings. The highest BCUT2D eigenvalue weighted by molar-refractivity contribution is 7.46. The molecule has 6 heterocycles. The summed E-state index contributed by atoms with van der Waals surface area (Å²) in [6.07, 6.45) is 8.93. The van der Waals surface area contributed by atoms with Gasteiger partial charge in [0.05, 0.1) is 16.5 Å². The van der Waals surface area contributed by atoms with Crippen LogP contribution in [0.2, 0.25) is 0 Å². The molecule has 2 aromatic carbocycles. The van der Waals surface area contributed by atoms with Crippen LogP contribution >= 0.6 is 7.82 Å². The van der Waals surface area contributed by atoms with Crippen LogP contribution in [-0.4, -0.2) is 80.0 Å². The number of phosphoric ester groups is 1. The largest absolute Gasteiger partial charge is 0.524 e. The Balaban J connectivity index is 1.28. The van der Waals surface area contributed by atoms with E-state index in [1.54, 1.807) is 0 Å². The molecule has 3 N–H and O–H groups in total. The number of benzene rings is 2. The first kappa shape index (κ1) is 32.9. The quantitative estimate of drug-likeness (QED) is 0.131. The first-order chi connectivity index (χ1) is 23.9. The second-order valence-corrected chi connectivity index (χ2v) is 14.5. The number of fused-ring (bicyclic) bond motifs is 5. The zero-order valence-electron chi connectivity index (χ0n) is 26.5. The van der Waals surface area contributed by atoms with Crippen molar-refractivity contribution in [2.75, 3.05) is 37.7 Å². The zero-order chi connectivity index (χ0) is 34.9. The number of pyridine rings is 1. The van der Waals surface area contributed by atoms with Gasteiger partial charge in [0.25, 0.3) is 6.08 Å². The molecule has 0 amide bonds. The molecule has 0 radical (unpaired) electrons. The Morgan fingerprint density at radius 1 is 1.16 bits per heavy atom. The molecule has 4 aliphatic rings. The summed E-state index contributed by atoms with van der Waals surface area (Å²) in [5.74, 6) is 0.647. The van der Waals surface area contributed by atoms with Crippen molar-refractivity contribution < 1.29 is 41.2 Å². The van der Waals surface area contributed by atoms with Gasteiger partial charge >= 0.3 is 13.8 Å². The molecule has 2 aromatic heterocycles. The van der Waals surface area contributed by atoms with Gasteiger partial charge in [-0.3, -0.25) is 19.7 Å². The molecule has 4 saturated heterocycles. The molecule has 3 unspecified atom stereocenters. The summed E-state index contributed by atoms with van der Waals surface area (Å²) < 4.78 is 82.0. The Morgan fingerprint density at radius 3 is 2.66 bits per heavy atom. The van der Waals surface area contributed by atoms with E-state index in [4.69, 9.17) is 20.7 Å². The Morgan fingerprint density at radius 2 is 1.94 bits per heavy atom. The van der Waals surface area contributed by atoms with E-state index in [0.29, 0.717) is 31.9 Å². The molecule has 4 aliphatic heterocycles. The molecule has 0 aliphatic carbocycles. The molecule has 4 aromatic rings. The van der Waals surface area contributed by atoms with Crippen molar-refractivity contribution >= 4 is 35.3 Å². The standard InChI is InChI=1S/C34H31F4N6O5P/c1-2-23-26(35)7-4-18-10-22(49-50(45,46)47)11-24(27(18)23)29-28(36)30-25(13-39-29)32(43-15-20-5-6-21(16-43)40-20)42-33(41-30)48-17-34-8-3-9-44(34)14-19(12-34)31(37)38/h1,4,7,10-11,13,20-21,40H,3,5-6,8-9,12,14-17H2,(H2,45,46,47). The molecule has 8 rings (SSSR count). The van der Waals surface area contributed by atoms with Crippen LogP contribution in [0.15, 0.2) is 42.1 Å². The lowest BCUT2D eigenvalue weighted by molar-refractivity contribution is 0.108. The summed E-state index contributed by atoms with van der Waals surface area (Å²) in [5.41, 5.74) is -1.38. The van der Waals surface area contributed by atoms with Gasteiger partial charge < -0.3 is 19.5 Å². The fraction of sp³-hybridized carbons (Fsp3) is 0.382. The SMILES string of the molecule is C#Cc1c(F)ccc2cc(OP(=O)(O)O)cc(-c3ncc4c(N5CC6CCC(C5)N6)nc(OCC56CCCN5CC(=C(F)F)C6)nc4c3F)c12. The Kier molecular flexibility index (Phi) is 8.00. The highest BCUT2D eigenvalue weighted by atomic mass is 31.2. The highest BCUT2D eigenvalue weighted by Gasteiger charge is 2.48.